The Hall–Kier alpha value is -1.70. The Morgan fingerprint density at radius 2 is 1.94 bits per heavy atom. The van der Waals surface area contributed by atoms with Crippen LogP contribution in [0.5, 0.6) is 5.75 Å². The van der Waals surface area contributed by atoms with Crippen molar-refractivity contribution in [2.75, 3.05) is 18.1 Å². The van der Waals surface area contributed by atoms with Crippen LogP contribution in [0, 0.1) is 6.92 Å². The highest BCUT2D eigenvalue weighted by molar-refractivity contribution is 7.91. The minimum absolute atomic E-state index is 0.0602. The molecular formula is C22H27Cl2NO5S. The highest BCUT2D eigenvalue weighted by Crippen LogP contribution is 2.35. The predicted octanol–water partition coefficient (Wildman–Crippen LogP) is 5.29. The number of ether oxygens (including phenoxy) is 1. The number of aryl methyl sites for hydroxylation is 1. The summed E-state index contributed by atoms with van der Waals surface area (Å²) in [6.45, 7) is 4.57. The molecule has 1 aromatic heterocycles. The molecule has 0 unspecified atom stereocenters. The first kappa shape index (κ1) is 24.0. The second-order valence-electron chi connectivity index (χ2n) is 7.83. The lowest BCUT2D eigenvalue weighted by molar-refractivity contribution is 0.0665. The molecule has 6 nitrogen and oxygen atoms in total. The van der Waals surface area contributed by atoms with E-state index in [1.54, 1.807) is 6.07 Å². The van der Waals surface area contributed by atoms with E-state index in [9.17, 15) is 13.2 Å². The summed E-state index contributed by atoms with van der Waals surface area (Å²) in [7, 11) is -3.18. The Balaban J connectivity index is 1.84. The van der Waals surface area contributed by atoms with Crippen LogP contribution in [0.15, 0.2) is 28.7 Å². The number of halogens is 2. The molecule has 0 N–H and O–H groups in total. The molecular weight excluding hydrogens is 461 g/mol. The van der Waals surface area contributed by atoms with Crippen LogP contribution < -0.4 is 4.74 Å². The summed E-state index contributed by atoms with van der Waals surface area (Å²) >= 11 is 12.7. The third kappa shape index (κ3) is 6.18. The maximum absolute atomic E-state index is 13.4. The predicted molar refractivity (Wildman–Crippen MR) is 122 cm³/mol. The molecule has 1 saturated heterocycles. The van der Waals surface area contributed by atoms with Crippen LogP contribution >= 0.6 is 23.2 Å². The Morgan fingerprint density at radius 3 is 2.48 bits per heavy atom. The molecule has 0 spiro atoms. The average molecular weight is 488 g/mol. The molecule has 0 bridgehead atoms. The van der Waals surface area contributed by atoms with E-state index >= 15 is 0 Å². The number of furan rings is 1. The normalized spacial score (nSPS) is 17.6. The zero-order valence-electron chi connectivity index (χ0n) is 17.7. The fraction of sp³-hybridized carbons (Fsp3) is 0.500. The van der Waals surface area contributed by atoms with E-state index in [0.29, 0.717) is 24.5 Å². The van der Waals surface area contributed by atoms with Crippen LogP contribution in [-0.4, -0.2) is 43.4 Å². The molecule has 170 valence electrons. The number of carbonyl (C=O) groups is 1. The molecule has 2 heterocycles. The smallest absolute Gasteiger partial charge is 0.254 e. The third-order valence-corrected chi connectivity index (χ3v) is 7.58. The second kappa shape index (κ2) is 10.3. The number of amides is 1. The lowest BCUT2D eigenvalue weighted by atomic mass is 10.1. The van der Waals surface area contributed by atoms with E-state index < -0.39 is 15.9 Å². The second-order valence-corrected chi connectivity index (χ2v) is 10.9. The molecule has 1 atom stereocenters. The van der Waals surface area contributed by atoms with Gasteiger partial charge in [0.2, 0.25) is 0 Å². The minimum atomic E-state index is -3.18. The monoisotopic (exact) mass is 487 g/mol. The van der Waals surface area contributed by atoms with Crippen molar-refractivity contribution in [2.24, 2.45) is 0 Å². The number of hydrogen-bond acceptors (Lipinski definition) is 5. The SMILES string of the molecule is CCCCCOc1c(Cl)cc(C(=O)N(Cc2ccc(C)o2)[C@H]2CCS(=O)(=O)C2)cc1Cl. The maximum Gasteiger partial charge on any atom is 0.254 e. The summed E-state index contributed by atoms with van der Waals surface area (Å²) < 4.78 is 35.4. The van der Waals surface area contributed by atoms with E-state index in [4.69, 9.17) is 32.4 Å². The Morgan fingerprint density at radius 1 is 1.23 bits per heavy atom. The molecule has 31 heavy (non-hydrogen) atoms. The van der Waals surface area contributed by atoms with Gasteiger partial charge in [0.05, 0.1) is 34.7 Å². The lowest BCUT2D eigenvalue weighted by Gasteiger charge is -2.28. The zero-order chi connectivity index (χ0) is 22.6. The maximum atomic E-state index is 13.4. The largest absolute Gasteiger partial charge is 0.490 e. The summed E-state index contributed by atoms with van der Waals surface area (Å²) in [5.41, 5.74) is 0.281. The van der Waals surface area contributed by atoms with Crippen LogP contribution in [0.3, 0.4) is 0 Å². The quantitative estimate of drug-likeness (QED) is 0.448. The fourth-order valence-corrected chi connectivity index (χ4v) is 5.97. The summed E-state index contributed by atoms with van der Waals surface area (Å²) in [5.74, 6) is 1.30. The van der Waals surface area contributed by atoms with Gasteiger partial charge >= 0.3 is 0 Å². The molecule has 1 aliphatic rings. The van der Waals surface area contributed by atoms with Crippen LogP contribution in [-0.2, 0) is 16.4 Å². The molecule has 9 heteroatoms. The van der Waals surface area contributed by atoms with Gasteiger partial charge in [0.25, 0.3) is 5.91 Å². The first-order chi connectivity index (χ1) is 14.7. The van der Waals surface area contributed by atoms with Crippen molar-refractivity contribution >= 4 is 38.9 Å². The first-order valence-electron chi connectivity index (χ1n) is 10.4. The van der Waals surface area contributed by atoms with Gasteiger partial charge in [-0.15, -0.1) is 0 Å². The molecule has 0 saturated carbocycles. The fourth-order valence-electron chi connectivity index (χ4n) is 3.64. The zero-order valence-corrected chi connectivity index (χ0v) is 20.0. The van der Waals surface area contributed by atoms with Gasteiger partial charge in [-0.3, -0.25) is 4.79 Å². The Bertz CT molecular complexity index is 1010. The van der Waals surface area contributed by atoms with E-state index in [-0.39, 0.29) is 39.6 Å². The molecule has 3 rings (SSSR count). The number of carbonyl (C=O) groups excluding carboxylic acids is 1. The van der Waals surface area contributed by atoms with Gasteiger partial charge in [0.15, 0.2) is 15.6 Å². The van der Waals surface area contributed by atoms with Crippen molar-refractivity contribution in [2.45, 2.75) is 52.1 Å². The van der Waals surface area contributed by atoms with Crippen molar-refractivity contribution in [3.63, 3.8) is 0 Å². The first-order valence-corrected chi connectivity index (χ1v) is 13.0. The van der Waals surface area contributed by atoms with Gasteiger partial charge in [-0.05, 0) is 44.0 Å². The van der Waals surface area contributed by atoms with Gasteiger partial charge in [0.1, 0.15) is 11.5 Å². The van der Waals surface area contributed by atoms with Crippen molar-refractivity contribution in [3.05, 3.63) is 51.4 Å². The summed E-state index contributed by atoms with van der Waals surface area (Å²) in [4.78, 5) is 14.9. The van der Waals surface area contributed by atoms with Gasteiger partial charge in [-0.1, -0.05) is 43.0 Å². The number of hydrogen-bond donors (Lipinski definition) is 0. The standard InChI is InChI=1S/C22H27Cl2NO5S/c1-3-4-5-9-29-21-19(23)11-16(12-20(21)24)22(26)25(13-18-7-6-15(2)30-18)17-8-10-31(27,28)14-17/h6-7,11-12,17H,3-5,8-10,13-14H2,1-2H3/t17-/m0/s1. The van der Waals surface area contributed by atoms with E-state index in [1.807, 2.05) is 13.0 Å². The summed E-state index contributed by atoms with van der Waals surface area (Å²) in [6, 6.07) is 6.20. The van der Waals surface area contributed by atoms with Crippen molar-refractivity contribution in [1.29, 1.82) is 0 Å². The van der Waals surface area contributed by atoms with Gasteiger partial charge < -0.3 is 14.1 Å². The molecule has 2 aromatic rings. The summed E-state index contributed by atoms with van der Waals surface area (Å²) in [6.07, 6.45) is 3.38. The molecule has 0 radical (unpaired) electrons. The highest BCUT2D eigenvalue weighted by Gasteiger charge is 2.36. The van der Waals surface area contributed by atoms with E-state index in [2.05, 4.69) is 6.92 Å². The number of sulfone groups is 1. The highest BCUT2D eigenvalue weighted by atomic mass is 35.5. The van der Waals surface area contributed by atoms with Crippen molar-refractivity contribution in [1.82, 2.24) is 4.90 Å². The Labute approximate surface area is 193 Å². The van der Waals surface area contributed by atoms with Crippen LogP contribution in [0.2, 0.25) is 10.0 Å². The van der Waals surface area contributed by atoms with E-state index in [0.717, 1.165) is 25.0 Å². The molecule has 1 aliphatic heterocycles. The van der Waals surface area contributed by atoms with Gasteiger partial charge in [0, 0.05) is 11.6 Å². The topological polar surface area (TPSA) is 76.8 Å². The van der Waals surface area contributed by atoms with E-state index in [1.165, 1.54) is 17.0 Å². The number of rotatable bonds is 9. The average Bonchev–Trinajstić information content (AvgIpc) is 3.28. The summed E-state index contributed by atoms with van der Waals surface area (Å²) in [5, 5.41) is 0.500. The van der Waals surface area contributed by atoms with Crippen LogP contribution in [0.4, 0.5) is 0 Å². The molecule has 0 aliphatic carbocycles. The van der Waals surface area contributed by atoms with Crippen molar-refractivity contribution in [3.8, 4) is 5.75 Å². The molecule has 1 amide bonds. The number of nitrogens with zero attached hydrogens (tertiary/aromatic N) is 1. The minimum Gasteiger partial charge on any atom is -0.490 e. The molecule has 1 fully saturated rings. The number of benzene rings is 1. The lowest BCUT2D eigenvalue weighted by Crippen LogP contribution is -2.40. The van der Waals surface area contributed by atoms with Crippen LogP contribution in [0.25, 0.3) is 0 Å². The van der Waals surface area contributed by atoms with Crippen LogP contribution in [0.1, 0.15) is 54.5 Å². The third-order valence-electron chi connectivity index (χ3n) is 5.27. The van der Waals surface area contributed by atoms with Gasteiger partial charge in [-0.2, -0.15) is 0 Å². The van der Waals surface area contributed by atoms with Gasteiger partial charge in [-0.25, -0.2) is 8.42 Å². The Kier molecular flexibility index (Phi) is 7.94. The number of unbranched alkanes of at least 4 members (excludes halogenated alkanes) is 2. The molecule has 1 aromatic carbocycles. The van der Waals surface area contributed by atoms with Crippen molar-refractivity contribution < 1.29 is 22.4 Å².